The van der Waals surface area contributed by atoms with Crippen molar-refractivity contribution in [1.82, 2.24) is 10.3 Å². The number of carbonyl (C=O) groups is 2. The van der Waals surface area contributed by atoms with Crippen LogP contribution in [0, 0.1) is 0 Å². The fourth-order valence-electron chi connectivity index (χ4n) is 5.07. The highest BCUT2D eigenvalue weighted by atomic mass is 19.4. The molecule has 0 radical (unpaired) electrons. The molecule has 1 aromatic heterocycles. The number of benzene rings is 2. The number of Topliss-reactive ketones (excluding diaryl/α,β-unsaturated/α-hetero) is 1. The summed E-state index contributed by atoms with van der Waals surface area (Å²) in [4.78, 5) is 30.9. The molecule has 0 saturated carbocycles. The van der Waals surface area contributed by atoms with Gasteiger partial charge in [0.15, 0.2) is 5.78 Å². The molecule has 2 atom stereocenters. The molecule has 3 rings (SSSR count). The number of pyridine rings is 1. The third kappa shape index (κ3) is 9.87. The Bertz CT molecular complexity index is 1310. The molecular weight excluding hydrogens is 545 g/mol. The van der Waals surface area contributed by atoms with Crippen molar-refractivity contribution in [1.29, 1.82) is 0 Å². The second-order valence-electron chi connectivity index (χ2n) is 11.1. The number of carbonyl (C=O) groups excluding carboxylic acids is 2. The van der Waals surface area contributed by atoms with Gasteiger partial charge in [0.2, 0.25) is 5.91 Å². The maximum absolute atomic E-state index is 13.4. The van der Waals surface area contributed by atoms with Crippen molar-refractivity contribution >= 4 is 22.6 Å². The van der Waals surface area contributed by atoms with Crippen molar-refractivity contribution in [3.05, 3.63) is 77.5 Å². The molecule has 0 aliphatic heterocycles. The van der Waals surface area contributed by atoms with E-state index in [1.807, 2.05) is 30.3 Å². The van der Waals surface area contributed by atoms with E-state index in [9.17, 15) is 22.8 Å². The number of para-hydroxylation sites is 1. The van der Waals surface area contributed by atoms with Crippen LogP contribution in [0.15, 0.2) is 60.8 Å². The summed E-state index contributed by atoms with van der Waals surface area (Å²) >= 11 is 0. The average Bonchev–Trinajstić information content (AvgIpc) is 2.95. The Morgan fingerprint density at radius 2 is 1.62 bits per heavy atom. The first-order valence-corrected chi connectivity index (χ1v) is 14.3. The molecule has 42 heavy (non-hydrogen) atoms. The number of alkyl halides is 3. The lowest BCUT2D eigenvalue weighted by Gasteiger charge is -2.34. The summed E-state index contributed by atoms with van der Waals surface area (Å²) in [7, 11) is 2.11. The van der Waals surface area contributed by atoms with Gasteiger partial charge >= 0.3 is 6.18 Å². The Balaban J connectivity index is 1.68. The molecule has 8 nitrogen and oxygen atoms in total. The maximum Gasteiger partial charge on any atom is 0.416 e. The molecule has 3 aromatic rings. The maximum atomic E-state index is 13.4. The van der Waals surface area contributed by atoms with Gasteiger partial charge in [-0.15, -0.1) is 0 Å². The number of halogens is 3. The zero-order valence-electron chi connectivity index (χ0n) is 24.1. The second kappa shape index (κ2) is 15.2. The molecule has 0 bridgehead atoms. The van der Waals surface area contributed by atoms with Crippen LogP contribution in [0.4, 0.5) is 13.2 Å². The smallest absolute Gasteiger partial charge is 0.345 e. The van der Waals surface area contributed by atoms with Crippen LogP contribution in [0.25, 0.3) is 10.9 Å². The number of aromatic nitrogens is 1. The molecule has 11 heteroatoms. The zero-order chi connectivity index (χ0) is 30.8. The average molecular weight is 588 g/mol. The van der Waals surface area contributed by atoms with E-state index in [0.717, 1.165) is 53.6 Å². The molecule has 0 aliphatic carbocycles. The Kier molecular flexibility index (Phi) is 12.0. The first kappa shape index (κ1) is 33.1. The number of unbranched alkanes of at least 4 members (excludes halogenated alkanes) is 1. The van der Waals surface area contributed by atoms with Gasteiger partial charge in [-0.1, -0.05) is 30.3 Å². The fraction of sp³-hybridized carbons (Fsp3) is 0.452. The lowest BCUT2D eigenvalue weighted by molar-refractivity contribution is -0.907. The SMILES string of the molecule is C[N+](CCN)(CCN)CCCC[C@H](N)C(=O)N[C@H](Cc1ccc(C(F)(F)F)cc1)C(=O)Cc1cnc2ccccc2c1. The molecule has 0 fully saturated rings. The van der Waals surface area contributed by atoms with Gasteiger partial charge in [0.1, 0.15) is 0 Å². The van der Waals surface area contributed by atoms with Crippen molar-refractivity contribution in [2.75, 3.05) is 39.8 Å². The number of hydrogen-bond donors (Lipinski definition) is 4. The Morgan fingerprint density at radius 1 is 0.952 bits per heavy atom. The summed E-state index contributed by atoms with van der Waals surface area (Å²) in [5.41, 5.74) is 18.9. The van der Waals surface area contributed by atoms with E-state index in [4.69, 9.17) is 17.2 Å². The van der Waals surface area contributed by atoms with Crippen molar-refractivity contribution in [2.45, 2.75) is 50.4 Å². The van der Waals surface area contributed by atoms with Crippen LogP contribution in [-0.4, -0.2) is 73.0 Å². The highest BCUT2D eigenvalue weighted by Crippen LogP contribution is 2.29. The van der Waals surface area contributed by atoms with Gasteiger partial charge in [-0.2, -0.15) is 13.2 Å². The molecule has 7 N–H and O–H groups in total. The van der Waals surface area contributed by atoms with Crippen LogP contribution in [-0.2, 0) is 28.6 Å². The Labute approximate surface area is 245 Å². The summed E-state index contributed by atoms with van der Waals surface area (Å²) in [5, 5.41) is 3.65. The molecule has 2 aromatic carbocycles. The topological polar surface area (TPSA) is 137 Å². The number of amides is 1. The highest BCUT2D eigenvalue weighted by molar-refractivity contribution is 5.92. The van der Waals surface area contributed by atoms with Crippen LogP contribution in [0.3, 0.4) is 0 Å². The largest absolute Gasteiger partial charge is 0.416 e. The van der Waals surface area contributed by atoms with Gasteiger partial charge in [0.25, 0.3) is 0 Å². The third-order valence-corrected chi connectivity index (χ3v) is 7.59. The van der Waals surface area contributed by atoms with Crippen LogP contribution in [0.2, 0.25) is 0 Å². The summed E-state index contributed by atoms with van der Waals surface area (Å²) in [6.07, 6.45) is -0.861. The fourth-order valence-corrected chi connectivity index (χ4v) is 5.07. The summed E-state index contributed by atoms with van der Waals surface area (Å²) in [6, 6.07) is 12.2. The summed E-state index contributed by atoms with van der Waals surface area (Å²) < 4.78 is 39.9. The van der Waals surface area contributed by atoms with E-state index in [1.165, 1.54) is 12.1 Å². The van der Waals surface area contributed by atoms with Crippen LogP contribution >= 0.6 is 0 Å². The van der Waals surface area contributed by atoms with Crippen molar-refractivity contribution in [3.8, 4) is 0 Å². The molecule has 228 valence electrons. The van der Waals surface area contributed by atoms with Gasteiger partial charge in [-0.05, 0) is 61.1 Å². The van der Waals surface area contributed by atoms with E-state index >= 15 is 0 Å². The molecule has 0 saturated heterocycles. The van der Waals surface area contributed by atoms with Gasteiger partial charge in [-0.25, -0.2) is 0 Å². The minimum Gasteiger partial charge on any atom is -0.345 e. The number of hydrogen-bond acceptors (Lipinski definition) is 6. The number of nitrogens with two attached hydrogens (primary N) is 3. The van der Waals surface area contributed by atoms with Crippen LogP contribution in [0.1, 0.15) is 36.0 Å². The van der Waals surface area contributed by atoms with Crippen LogP contribution in [0.5, 0.6) is 0 Å². The number of nitrogens with one attached hydrogen (secondary N) is 1. The third-order valence-electron chi connectivity index (χ3n) is 7.59. The van der Waals surface area contributed by atoms with Gasteiger partial charge in [0.05, 0.1) is 49.8 Å². The number of ketones is 1. The number of nitrogens with zero attached hydrogens (tertiary/aromatic N) is 2. The predicted octanol–water partition coefficient (Wildman–Crippen LogP) is 2.95. The lowest BCUT2D eigenvalue weighted by Crippen LogP contribution is -2.51. The quantitative estimate of drug-likeness (QED) is 0.150. The molecule has 0 unspecified atom stereocenters. The van der Waals surface area contributed by atoms with E-state index in [1.54, 1.807) is 6.20 Å². The van der Waals surface area contributed by atoms with Crippen LogP contribution < -0.4 is 22.5 Å². The number of quaternary nitrogens is 1. The van der Waals surface area contributed by atoms with E-state index < -0.39 is 29.7 Å². The van der Waals surface area contributed by atoms with E-state index in [-0.39, 0.29) is 18.6 Å². The monoisotopic (exact) mass is 587 g/mol. The number of fused-ring (bicyclic) bond motifs is 1. The summed E-state index contributed by atoms with van der Waals surface area (Å²) in [6.45, 7) is 3.59. The lowest BCUT2D eigenvalue weighted by atomic mass is 9.96. The minimum absolute atomic E-state index is 0.00254. The molecular formula is C31H42F3N6O2+. The first-order chi connectivity index (χ1) is 19.9. The molecule has 0 aliphatic rings. The number of likely N-dealkylation sites (N-methyl/N-ethyl adjacent to an activating group) is 1. The van der Waals surface area contributed by atoms with Crippen molar-refractivity contribution in [2.24, 2.45) is 17.2 Å². The van der Waals surface area contributed by atoms with Crippen molar-refractivity contribution < 1.29 is 27.2 Å². The highest BCUT2D eigenvalue weighted by Gasteiger charge is 2.30. The standard InChI is InChI=1S/C31H41F3N6O2/c1-40(16-13-35,17-14-36)15-5-4-7-26(37)30(42)39-28(19-22-9-11-25(12-10-22)31(32,33)34)29(41)20-23-18-24-6-2-3-8-27(24)38-21-23/h2-3,6,8-12,18,21,26,28H,4-5,7,13-17,19-20,35-37H2,1H3/p+1/t26-,28+/m0/s1. The molecule has 0 spiro atoms. The van der Waals surface area contributed by atoms with E-state index in [2.05, 4.69) is 17.3 Å². The minimum atomic E-state index is -4.47. The zero-order valence-corrected chi connectivity index (χ0v) is 24.1. The second-order valence-corrected chi connectivity index (χ2v) is 11.1. The normalized spacial score (nSPS) is 13.6. The van der Waals surface area contributed by atoms with Gasteiger partial charge < -0.3 is 27.0 Å². The predicted molar refractivity (Wildman–Crippen MR) is 158 cm³/mol. The van der Waals surface area contributed by atoms with Crippen molar-refractivity contribution in [3.63, 3.8) is 0 Å². The van der Waals surface area contributed by atoms with Gasteiger partial charge in [-0.3, -0.25) is 14.6 Å². The molecule has 1 amide bonds. The number of rotatable bonds is 16. The first-order valence-electron chi connectivity index (χ1n) is 14.3. The Morgan fingerprint density at radius 3 is 2.26 bits per heavy atom. The Hall–Kier alpha value is -3.38. The van der Waals surface area contributed by atoms with E-state index in [0.29, 0.717) is 37.1 Å². The van der Waals surface area contributed by atoms with Gasteiger partial charge in [0, 0.05) is 31.1 Å². The summed E-state index contributed by atoms with van der Waals surface area (Å²) in [5.74, 6) is -0.762. The molecule has 1 heterocycles.